The predicted molar refractivity (Wildman–Crippen MR) is 86.2 cm³/mol. The summed E-state index contributed by atoms with van der Waals surface area (Å²) in [6.45, 7) is 8.40. The maximum atomic E-state index is 12.0. The SMILES string of the molecule is Cc1cn(-c2ccccc2)nc1OC(C)C(=O)NCC(C)C. The number of carbonyl (C=O) groups is 1. The van der Waals surface area contributed by atoms with E-state index in [1.807, 2.05) is 43.5 Å². The van der Waals surface area contributed by atoms with Gasteiger partial charge in [0.05, 0.1) is 5.69 Å². The van der Waals surface area contributed by atoms with Crippen molar-refractivity contribution in [3.8, 4) is 11.6 Å². The van der Waals surface area contributed by atoms with Crippen molar-refractivity contribution in [1.82, 2.24) is 15.1 Å². The maximum Gasteiger partial charge on any atom is 0.260 e. The summed E-state index contributed by atoms with van der Waals surface area (Å²) < 4.78 is 7.45. The summed E-state index contributed by atoms with van der Waals surface area (Å²) in [7, 11) is 0. The quantitative estimate of drug-likeness (QED) is 0.892. The van der Waals surface area contributed by atoms with Crippen molar-refractivity contribution < 1.29 is 9.53 Å². The molecule has 0 aliphatic rings. The largest absolute Gasteiger partial charge is 0.463 e. The van der Waals surface area contributed by atoms with Crippen LogP contribution in [0.5, 0.6) is 5.88 Å². The number of ether oxygens (including phenoxy) is 1. The number of nitrogens with one attached hydrogen (secondary N) is 1. The Morgan fingerprint density at radius 3 is 2.59 bits per heavy atom. The monoisotopic (exact) mass is 301 g/mol. The highest BCUT2D eigenvalue weighted by Crippen LogP contribution is 2.19. The van der Waals surface area contributed by atoms with Gasteiger partial charge in [0.2, 0.25) is 5.88 Å². The maximum absolute atomic E-state index is 12.0. The first-order chi connectivity index (χ1) is 10.5. The van der Waals surface area contributed by atoms with Crippen molar-refractivity contribution in [2.75, 3.05) is 6.54 Å². The number of nitrogens with zero attached hydrogens (tertiary/aromatic N) is 2. The molecule has 2 aromatic rings. The van der Waals surface area contributed by atoms with Gasteiger partial charge in [-0.05, 0) is 31.9 Å². The topological polar surface area (TPSA) is 56.2 Å². The second-order valence-corrected chi connectivity index (χ2v) is 5.80. The molecule has 0 saturated carbocycles. The second kappa shape index (κ2) is 7.11. The molecule has 22 heavy (non-hydrogen) atoms. The second-order valence-electron chi connectivity index (χ2n) is 5.80. The van der Waals surface area contributed by atoms with Crippen LogP contribution in [0.1, 0.15) is 26.3 Å². The minimum absolute atomic E-state index is 0.123. The van der Waals surface area contributed by atoms with Gasteiger partial charge in [0.15, 0.2) is 6.10 Å². The van der Waals surface area contributed by atoms with Gasteiger partial charge in [-0.15, -0.1) is 5.10 Å². The Labute approximate surface area is 131 Å². The summed E-state index contributed by atoms with van der Waals surface area (Å²) in [6, 6.07) is 9.80. The molecule has 1 aromatic heterocycles. The van der Waals surface area contributed by atoms with E-state index in [1.54, 1.807) is 11.6 Å². The number of para-hydroxylation sites is 1. The third-order valence-corrected chi connectivity index (χ3v) is 3.21. The van der Waals surface area contributed by atoms with Gasteiger partial charge in [-0.25, -0.2) is 4.68 Å². The van der Waals surface area contributed by atoms with Gasteiger partial charge in [0.1, 0.15) is 0 Å². The normalized spacial score (nSPS) is 12.2. The van der Waals surface area contributed by atoms with Crippen LogP contribution in [0.3, 0.4) is 0 Å². The first-order valence-corrected chi connectivity index (χ1v) is 7.53. The zero-order valence-corrected chi connectivity index (χ0v) is 13.5. The van der Waals surface area contributed by atoms with Gasteiger partial charge in [-0.1, -0.05) is 32.0 Å². The summed E-state index contributed by atoms with van der Waals surface area (Å²) in [5, 5.41) is 7.27. The molecule has 1 N–H and O–H groups in total. The van der Waals surface area contributed by atoms with Gasteiger partial charge in [0.25, 0.3) is 5.91 Å². The Hall–Kier alpha value is -2.30. The molecule has 1 amide bonds. The van der Waals surface area contributed by atoms with Crippen molar-refractivity contribution in [3.05, 3.63) is 42.1 Å². The Kier molecular flexibility index (Phi) is 5.20. The first kappa shape index (κ1) is 16.1. The lowest BCUT2D eigenvalue weighted by molar-refractivity contribution is -0.127. The van der Waals surface area contributed by atoms with Crippen molar-refractivity contribution in [2.45, 2.75) is 33.8 Å². The summed E-state index contributed by atoms with van der Waals surface area (Å²) in [5.41, 5.74) is 1.85. The summed E-state index contributed by atoms with van der Waals surface area (Å²) >= 11 is 0. The number of amides is 1. The molecule has 0 spiro atoms. The Bertz CT molecular complexity index is 620. The molecule has 0 bridgehead atoms. The van der Waals surface area contributed by atoms with E-state index in [9.17, 15) is 4.79 Å². The third-order valence-electron chi connectivity index (χ3n) is 3.21. The summed E-state index contributed by atoms with van der Waals surface area (Å²) in [6.07, 6.45) is 1.32. The number of hydrogen-bond donors (Lipinski definition) is 1. The van der Waals surface area contributed by atoms with E-state index in [2.05, 4.69) is 24.3 Å². The molecular weight excluding hydrogens is 278 g/mol. The number of hydrogen-bond acceptors (Lipinski definition) is 3. The molecule has 2 rings (SSSR count). The van der Waals surface area contributed by atoms with Gasteiger partial charge in [-0.3, -0.25) is 4.79 Å². The van der Waals surface area contributed by atoms with E-state index in [4.69, 9.17) is 4.74 Å². The third kappa shape index (κ3) is 4.10. The highest BCUT2D eigenvalue weighted by molar-refractivity contribution is 5.80. The number of rotatable bonds is 6. The first-order valence-electron chi connectivity index (χ1n) is 7.53. The van der Waals surface area contributed by atoms with Crippen LogP contribution < -0.4 is 10.1 Å². The van der Waals surface area contributed by atoms with Gasteiger partial charge in [0, 0.05) is 18.3 Å². The van der Waals surface area contributed by atoms with Crippen molar-refractivity contribution in [1.29, 1.82) is 0 Å². The van der Waals surface area contributed by atoms with Gasteiger partial charge >= 0.3 is 0 Å². The van der Waals surface area contributed by atoms with Crippen LogP contribution in [0.4, 0.5) is 0 Å². The number of carbonyl (C=O) groups excluding carboxylic acids is 1. The van der Waals surface area contributed by atoms with E-state index in [0.29, 0.717) is 18.3 Å². The van der Waals surface area contributed by atoms with E-state index in [1.165, 1.54) is 0 Å². The predicted octanol–water partition coefficient (Wildman–Crippen LogP) is 2.72. The average molecular weight is 301 g/mol. The van der Waals surface area contributed by atoms with E-state index < -0.39 is 6.10 Å². The summed E-state index contributed by atoms with van der Waals surface area (Å²) in [5.74, 6) is 0.772. The van der Waals surface area contributed by atoms with Crippen molar-refractivity contribution >= 4 is 5.91 Å². The Morgan fingerprint density at radius 1 is 1.27 bits per heavy atom. The van der Waals surface area contributed by atoms with Crippen LogP contribution in [0.15, 0.2) is 36.5 Å². The average Bonchev–Trinajstić information content (AvgIpc) is 2.86. The standard InChI is InChI=1S/C17H23N3O2/c1-12(2)10-18-16(21)14(4)22-17-13(3)11-20(19-17)15-8-6-5-7-9-15/h5-9,11-12,14H,10H2,1-4H3,(H,18,21). The fraction of sp³-hybridized carbons (Fsp3) is 0.412. The Morgan fingerprint density at radius 2 is 1.95 bits per heavy atom. The minimum atomic E-state index is -0.573. The molecular formula is C17H23N3O2. The molecule has 1 unspecified atom stereocenters. The molecule has 0 aliphatic carbocycles. The van der Waals surface area contributed by atoms with E-state index in [0.717, 1.165) is 11.3 Å². The zero-order valence-electron chi connectivity index (χ0n) is 13.5. The van der Waals surface area contributed by atoms with E-state index >= 15 is 0 Å². The molecule has 0 fully saturated rings. The lowest BCUT2D eigenvalue weighted by atomic mass is 10.2. The molecule has 1 heterocycles. The van der Waals surface area contributed by atoms with Gasteiger partial charge < -0.3 is 10.1 Å². The van der Waals surface area contributed by atoms with Crippen LogP contribution >= 0.6 is 0 Å². The summed E-state index contributed by atoms with van der Waals surface area (Å²) in [4.78, 5) is 12.0. The van der Waals surface area contributed by atoms with Crippen molar-refractivity contribution in [3.63, 3.8) is 0 Å². The van der Waals surface area contributed by atoms with Crippen LogP contribution in [-0.2, 0) is 4.79 Å². The van der Waals surface area contributed by atoms with Crippen LogP contribution in [0.25, 0.3) is 5.69 Å². The lowest BCUT2D eigenvalue weighted by Crippen LogP contribution is -2.38. The lowest BCUT2D eigenvalue weighted by Gasteiger charge is -2.14. The molecule has 0 aliphatic heterocycles. The van der Waals surface area contributed by atoms with Crippen LogP contribution in [0.2, 0.25) is 0 Å². The Balaban J connectivity index is 2.04. The van der Waals surface area contributed by atoms with Crippen molar-refractivity contribution in [2.24, 2.45) is 5.92 Å². The zero-order chi connectivity index (χ0) is 16.1. The fourth-order valence-corrected chi connectivity index (χ4v) is 1.94. The number of aromatic nitrogens is 2. The fourth-order valence-electron chi connectivity index (χ4n) is 1.94. The highest BCUT2D eigenvalue weighted by atomic mass is 16.5. The van der Waals surface area contributed by atoms with Gasteiger partial charge in [-0.2, -0.15) is 0 Å². The molecule has 0 radical (unpaired) electrons. The molecule has 5 nitrogen and oxygen atoms in total. The van der Waals surface area contributed by atoms with E-state index in [-0.39, 0.29) is 5.91 Å². The number of aryl methyl sites for hydroxylation is 1. The molecule has 118 valence electrons. The molecule has 1 atom stereocenters. The molecule has 5 heteroatoms. The minimum Gasteiger partial charge on any atom is -0.463 e. The smallest absolute Gasteiger partial charge is 0.260 e. The van der Waals surface area contributed by atoms with Crippen LogP contribution in [-0.4, -0.2) is 28.3 Å². The molecule has 1 aromatic carbocycles. The van der Waals surface area contributed by atoms with Crippen LogP contribution in [0, 0.1) is 12.8 Å². The number of benzene rings is 1. The molecule has 0 saturated heterocycles. The highest BCUT2D eigenvalue weighted by Gasteiger charge is 2.17.